The molecular weight excluding hydrogens is 224 g/mol. The summed E-state index contributed by atoms with van der Waals surface area (Å²) in [7, 11) is 0. The third-order valence-corrected chi connectivity index (χ3v) is 2.51. The molecule has 0 aromatic heterocycles. The molecule has 17 heavy (non-hydrogen) atoms. The number of piperidine rings is 1. The molecule has 0 bridgehead atoms. The van der Waals surface area contributed by atoms with Crippen molar-refractivity contribution < 1.29 is 19.4 Å². The molecule has 98 valence electrons. The average Bonchev–Trinajstić information content (AvgIpc) is 2.14. The van der Waals surface area contributed by atoms with Crippen LogP contribution in [0.4, 0.5) is 4.79 Å². The maximum absolute atomic E-state index is 11.9. The molecule has 2 amide bonds. The van der Waals surface area contributed by atoms with E-state index >= 15 is 0 Å². The van der Waals surface area contributed by atoms with Crippen molar-refractivity contribution in [2.24, 2.45) is 5.73 Å². The van der Waals surface area contributed by atoms with Crippen LogP contribution in [0.25, 0.3) is 0 Å². The number of primary amides is 1. The van der Waals surface area contributed by atoms with Crippen LogP contribution in [0.5, 0.6) is 0 Å². The lowest BCUT2D eigenvalue weighted by molar-refractivity contribution is -0.125. The Morgan fingerprint density at radius 1 is 1.35 bits per heavy atom. The van der Waals surface area contributed by atoms with Gasteiger partial charge in [0, 0.05) is 0 Å². The van der Waals surface area contributed by atoms with Crippen molar-refractivity contribution >= 4 is 12.0 Å². The Balaban J connectivity index is 2.75. The number of likely N-dealkylation sites (tertiary alicyclic amines) is 1. The molecule has 0 saturated carbocycles. The summed E-state index contributed by atoms with van der Waals surface area (Å²) < 4.78 is 5.17. The minimum atomic E-state index is -0.687. The van der Waals surface area contributed by atoms with E-state index in [1.807, 2.05) is 0 Å². The Labute approximate surface area is 101 Å². The Hall–Kier alpha value is -1.30. The van der Waals surface area contributed by atoms with Crippen molar-refractivity contribution in [1.29, 1.82) is 0 Å². The zero-order valence-electron chi connectivity index (χ0n) is 10.5. The second-order valence-electron chi connectivity index (χ2n) is 5.28. The number of hydrogen-bond donors (Lipinski definition) is 2. The maximum Gasteiger partial charge on any atom is 0.411 e. The van der Waals surface area contributed by atoms with Crippen molar-refractivity contribution in [1.82, 2.24) is 4.90 Å². The number of nitrogens with two attached hydrogens (primary N) is 1. The van der Waals surface area contributed by atoms with Gasteiger partial charge in [-0.05, 0) is 33.6 Å². The lowest BCUT2D eigenvalue weighted by Gasteiger charge is -2.36. The quantitative estimate of drug-likeness (QED) is 0.690. The van der Waals surface area contributed by atoms with Gasteiger partial charge in [-0.1, -0.05) is 0 Å². The molecule has 3 N–H and O–H groups in total. The van der Waals surface area contributed by atoms with Gasteiger partial charge in [-0.2, -0.15) is 0 Å². The number of β-amino-alcohol motifs (C(OH)–C–C–N with tert-alkyl or cyclic N) is 1. The van der Waals surface area contributed by atoms with Crippen LogP contribution in [0, 0.1) is 0 Å². The number of aliphatic hydroxyl groups is 1. The van der Waals surface area contributed by atoms with Gasteiger partial charge in [-0.25, -0.2) is 4.79 Å². The van der Waals surface area contributed by atoms with E-state index in [0.29, 0.717) is 12.8 Å². The normalized spacial score (nSPS) is 25.5. The number of nitrogens with zero attached hydrogens (tertiary/aromatic N) is 1. The van der Waals surface area contributed by atoms with E-state index in [0.717, 1.165) is 0 Å². The Morgan fingerprint density at radius 2 is 1.94 bits per heavy atom. The van der Waals surface area contributed by atoms with E-state index in [9.17, 15) is 14.7 Å². The molecule has 1 aliphatic rings. The highest BCUT2D eigenvalue weighted by atomic mass is 16.6. The standard InChI is InChI=1S/C11H20N2O4/c1-11(2,3)17-10(16)13-6-7(14)4-5-8(13)9(12)15/h7-8,14H,4-6H2,1-3H3,(H2,12,15)/t7-,8-/m0/s1. The lowest BCUT2D eigenvalue weighted by Crippen LogP contribution is -2.55. The molecule has 1 fully saturated rings. The van der Waals surface area contributed by atoms with Crippen LogP contribution in [0.15, 0.2) is 0 Å². The molecular formula is C11H20N2O4. The fraction of sp³-hybridized carbons (Fsp3) is 0.818. The van der Waals surface area contributed by atoms with Crippen molar-refractivity contribution in [2.45, 2.75) is 51.4 Å². The molecule has 1 aliphatic heterocycles. The molecule has 2 atom stereocenters. The van der Waals surface area contributed by atoms with Gasteiger partial charge in [-0.15, -0.1) is 0 Å². The Bertz CT molecular complexity index is 311. The van der Waals surface area contributed by atoms with Gasteiger partial charge in [0.15, 0.2) is 0 Å². The third kappa shape index (κ3) is 3.89. The molecule has 6 heteroatoms. The zero-order valence-corrected chi connectivity index (χ0v) is 10.5. The molecule has 1 heterocycles. The molecule has 0 unspecified atom stereocenters. The number of amides is 2. The van der Waals surface area contributed by atoms with Crippen LogP contribution >= 0.6 is 0 Å². The minimum Gasteiger partial charge on any atom is -0.444 e. The van der Waals surface area contributed by atoms with Crippen molar-refractivity contribution in [3.05, 3.63) is 0 Å². The second kappa shape index (κ2) is 4.91. The largest absolute Gasteiger partial charge is 0.444 e. The molecule has 0 aromatic carbocycles. The van der Waals surface area contributed by atoms with Crippen LogP contribution in [0.1, 0.15) is 33.6 Å². The molecule has 0 aromatic rings. The summed E-state index contributed by atoms with van der Waals surface area (Å²) in [6.45, 7) is 5.31. The molecule has 6 nitrogen and oxygen atoms in total. The van der Waals surface area contributed by atoms with Crippen LogP contribution in [0.2, 0.25) is 0 Å². The predicted octanol–water partition coefficient (Wildman–Crippen LogP) is 0.232. The maximum atomic E-state index is 11.9. The number of carbonyl (C=O) groups excluding carboxylic acids is 2. The summed E-state index contributed by atoms with van der Waals surface area (Å²) in [6.07, 6.45) is -0.402. The average molecular weight is 244 g/mol. The second-order valence-corrected chi connectivity index (χ2v) is 5.28. The summed E-state index contributed by atoms with van der Waals surface area (Å²) in [5.74, 6) is -0.567. The first-order chi connectivity index (χ1) is 7.70. The van der Waals surface area contributed by atoms with Gasteiger partial charge in [0.25, 0.3) is 0 Å². The lowest BCUT2D eigenvalue weighted by atomic mass is 10.0. The summed E-state index contributed by atoms with van der Waals surface area (Å²) in [5, 5.41) is 9.52. The highest BCUT2D eigenvalue weighted by Gasteiger charge is 2.36. The number of carbonyl (C=O) groups is 2. The molecule has 1 saturated heterocycles. The summed E-state index contributed by atoms with van der Waals surface area (Å²) in [5.41, 5.74) is 4.60. The van der Waals surface area contributed by atoms with Crippen LogP contribution in [-0.4, -0.2) is 46.3 Å². The van der Waals surface area contributed by atoms with Gasteiger partial charge in [-0.3, -0.25) is 9.69 Å². The van der Waals surface area contributed by atoms with E-state index in [2.05, 4.69) is 0 Å². The van der Waals surface area contributed by atoms with Gasteiger partial charge < -0.3 is 15.6 Å². The predicted molar refractivity (Wildman–Crippen MR) is 61.2 cm³/mol. The fourth-order valence-corrected chi connectivity index (χ4v) is 1.77. The zero-order chi connectivity index (χ0) is 13.2. The van der Waals surface area contributed by atoms with Gasteiger partial charge in [0.2, 0.25) is 5.91 Å². The minimum absolute atomic E-state index is 0.0858. The first-order valence-electron chi connectivity index (χ1n) is 5.67. The first-order valence-corrected chi connectivity index (χ1v) is 5.67. The number of aliphatic hydroxyl groups excluding tert-OH is 1. The summed E-state index contributed by atoms with van der Waals surface area (Å²) in [4.78, 5) is 24.3. The van der Waals surface area contributed by atoms with E-state index in [4.69, 9.17) is 10.5 Å². The van der Waals surface area contributed by atoms with E-state index in [1.54, 1.807) is 20.8 Å². The smallest absolute Gasteiger partial charge is 0.411 e. The number of rotatable bonds is 1. The van der Waals surface area contributed by atoms with Gasteiger partial charge >= 0.3 is 6.09 Å². The van der Waals surface area contributed by atoms with E-state index in [-0.39, 0.29) is 6.54 Å². The molecule has 0 radical (unpaired) electrons. The SMILES string of the molecule is CC(C)(C)OC(=O)N1C[C@@H](O)CC[C@H]1C(N)=O. The van der Waals surface area contributed by atoms with E-state index in [1.165, 1.54) is 4.90 Å². The van der Waals surface area contributed by atoms with Crippen molar-refractivity contribution in [3.63, 3.8) is 0 Å². The van der Waals surface area contributed by atoms with Crippen molar-refractivity contribution in [2.75, 3.05) is 6.54 Å². The fourth-order valence-electron chi connectivity index (χ4n) is 1.77. The highest BCUT2D eigenvalue weighted by Crippen LogP contribution is 2.20. The van der Waals surface area contributed by atoms with Crippen LogP contribution < -0.4 is 5.73 Å². The Kier molecular flexibility index (Phi) is 3.98. The highest BCUT2D eigenvalue weighted by molar-refractivity contribution is 5.84. The third-order valence-electron chi connectivity index (χ3n) is 2.51. The molecule has 1 rings (SSSR count). The first kappa shape index (κ1) is 13.8. The van der Waals surface area contributed by atoms with E-state index < -0.39 is 29.7 Å². The van der Waals surface area contributed by atoms with Gasteiger partial charge in [0.05, 0.1) is 12.6 Å². The molecule has 0 spiro atoms. The van der Waals surface area contributed by atoms with Crippen LogP contribution in [0.3, 0.4) is 0 Å². The molecule has 0 aliphatic carbocycles. The summed E-state index contributed by atoms with van der Waals surface area (Å²) in [6, 6.07) is -0.687. The van der Waals surface area contributed by atoms with Crippen molar-refractivity contribution in [3.8, 4) is 0 Å². The monoisotopic (exact) mass is 244 g/mol. The summed E-state index contributed by atoms with van der Waals surface area (Å²) >= 11 is 0. The van der Waals surface area contributed by atoms with Crippen LogP contribution in [-0.2, 0) is 9.53 Å². The Morgan fingerprint density at radius 3 is 2.41 bits per heavy atom. The number of hydrogen-bond acceptors (Lipinski definition) is 4. The topological polar surface area (TPSA) is 92.9 Å². The number of ether oxygens (including phenoxy) is 1. The van der Waals surface area contributed by atoms with Gasteiger partial charge in [0.1, 0.15) is 11.6 Å².